The monoisotopic (exact) mass is 411 g/mol. The van der Waals surface area contributed by atoms with Crippen LogP contribution in [0.5, 0.6) is 11.5 Å². The Labute approximate surface area is 172 Å². The highest BCUT2D eigenvalue weighted by molar-refractivity contribution is 6.05. The van der Waals surface area contributed by atoms with E-state index in [0.717, 1.165) is 0 Å². The summed E-state index contributed by atoms with van der Waals surface area (Å²) in [5.74, 6) is 0.364. The molecule has 4 atom stereocenters. The third-order valence-electron chi connectivity index (χ3n) is 5.91. The van der Waals surface area contributed by atoms with E-state index in [2.05, 4.69) is 10.5 Å². The van der Waals surface area contributed by atoms with E-state index in [1.54, 1.807) is 31.2 Å². The van der Waals surface area contributed by atoms with Crippen LogP contribution < -0.4 is 19.7 Å². The van der Waals surface area contributed by atoms with Crippen molar-refractivity contribution in [2.75, 3.05) is 31.0 Å². The van der Waals surface area contributed by atoms with Gasteiger partial charge in [0.1, 0.15) is 22.9 Å². The smallest absolute Gasteiger partial charge is 0.235 e. The number of nitrogens with one attached hydrogen (secondary N) is 1. The molecule has 9 heteroatoms. The second-order valence-corrected chi connectivity index (χ2v) is 7.71. The molecule has 2 aromatic rings. The molecule has 2 amide bonds. The largest absolute Gasteiger partial charge is 0.497 e. The standard InChI is InChI=1S/C21H21N3O6/c1-11-6-16(23-30-11)24-10-21-5-4-15(29-21)17(18(21)20(24)26)19(25)22-12-7-13(27-2)9-14(8-12)28-3/h4-9,15,17-18H,10H2,1-3H3,(H,22,25)/t15-,17-,18+,21-/m0/s1. The van der Waals surface area contributed by atoms with Gasteiger partial charge in [-0.15, -0.1) is 0 Å². The molecule has 2 fully saturated rings. The number of rotatable bonds is 5. The number of carbonyl (C=O) groups is 2. The van der Waals surface area contributed by atoms with Gasteiger partial charge in [-0.2, -0.15) is 0 Å². The summed E-state index contributed by atoms with van der Waals surface area (Å²) in [7, 11) is 3.08. The molecule has 1 aromatic heterocycles. The Morgan fingerprint density at radius 3 is 2.60 bits per heavy atom. The number of hydrogen-bond acceptors (Lipinski definition) is 7. The minimum absolute atomic E-state index is 0.196. The van der Waals surface area contributed by atoms with Crippen LogP contribution in [0, 0.1) is 18.8 Å². The van der Waals surface area contributed by atoms with E-state index in [0.29, 0.717) is 35.3 Å². The molecule has 9 nitrogen and oxygen atoms in total. The van der Waals surface area contributed by atoms with Gasteiger partial charge in [0.15, 0.2) is 5.82 Å². The molecular weight excluding hydrogens is 390 g/mol. The Hall–Kier alpha value is -3.33. The molecule has 3 aliphatic heterocycles. The van der Waals surface area contributed by atoms with Crippen LogP contribution in [0.25, 0.3) is 0 Å². The van der Waals surface area contributed by atoms with Gasteiger partial charge in [-0.25, -0.2) is 0 Å². The molecule has 156 valence electrons. The first-order chi connectivity index (χ1) is 14.4. The number of aromatic nitrogens is 1. The first-order valence-electron chi connectivity index (χ1n) is 9.60. The molecule has 0 aliphatic carbocycles. The molecule has 30 heavy (non-hydrogen) atoms. The summed E-state index contributed by atoms with van der Waals surface area (Å²) in [5, 5.41) is 6.84. The summed E-state index contributed by atoms with van der Waals surface area (Å²) < 4.78 is 21.8. The molecule has 1 N–H and O–H groups in total. The molecule has 2 saturated heterocycles. The zero-order valence-corrected chi connectivity index (χ0v) is 16.7. The van der Waals surface area contributed by atoms with Crippen LogP contribution >= 0.6 is 0 Å². The highest BCUT2D eigenvalue weighted by atomic mass is 16.5. The summed E-state index contributed by atoms with van der Waals surface area (Å²) in [6, 6.07) is 6.80. The molecular formula is C21H21N3O6. The average molecular weight is 411 g/mol. The lowest BCUT2D eigenvalue weighted by Gasteiger charge is -2.23. The number of amides is 2. The average Bonchev–Trinajstić information content (AvgIpc) is 3.48. The molecule has 0 saturated carbocycles. The molecule has 2 bridgehead atoms. The number of fused-ring (bicyclic) bond motifs is 1. The zero-order chi connectivity index (χ0) is 21.0. The van der Waals surface area contributed by atoms with E-state index in [-0.39, 0.29) is 11.8 Å². The number of aryl methyl sites for hydroxylation is 1. The van der Waals surface area contributed by atoms with Gasteiger partial charge in [0.2, 0.25) is 11.8 Å². The maximum atomic E-state index is 13.3. The molecule has 4 heterocycles. The maximum Gasteiger partial charge on any atom is 0.235 e. The van der Waals surface area contributed by atoms with Gasteiger partial charge >= 0.3 is 0 Å². The Morgan fingerprint density at radius 2 is 1.97 bits per heavy atom. The highest BCUT2D eigenvalue weighted by Crippen LogP contribution is 2.52. The summed E-state index contributed by atoms with van der Waals surface area (Å²) in [6.45, 7) is 2.06. The molecule has 1 aromatic carbocycles. The van der Waals surface area contributed by atoms with Crippen LogP contribution in [-0.2, 0) is 14.3 Å². The second kappa shape index (κ2) is 6.60. The number of nitrogens with zero attached hydrogens (tertiary/aromatic N) is 2. The molecule has 1 spiro atoms. The summed E-state index contributed by atoms with van der Waals surface area (Å²) in [4.78, 5) is 28.0. The van der Waals surface area contributed by atoms with E-state index in [1.165, 1.54) is 19.1 Å². The van der Waals surface area contributed by atoms with Crippen LogP contribution in [0.1, 0.15) is 5.76 Å². The van der Waals surface area contributed by atoms with Crippen molar-refractivity contribution < 1.29 is 28.3 Å². The molecule has 3 aliphatic rings. The maximum absolute atomic E-state index is 13.3. The first-order valence-corrected chi connectivity index (χ1v) is 9.60. The van der Waals surface area contributed by atoms with Gasteiger partial charge in [0, 0.05) is 30.0 Å². The van der Waals surface area contributed by atoms with E-state index < -0.39 is 23.5 Å². The minimum atomic E-state index is -0.831. The number of hydrogen-bond donors (Lipinski definition) is 1. The summed E-state index contributed by atoms with van der Waals surface area (Å²) in [5.41, 5.74) is -0.311. The number of benzene rings is 1. The number of carbonyl (C=O) groups excluding carboxylic acids is 2. The van der Waals surface area contributed by atoms with Crippen LogP contribution in [0.4, 0.5) is 11.5 Å². The molecule has 0 unspecified atom stereocenters. The topological polar surface area (TPSA) is 103 Å². The van der Waals surface area contributed by atoms with Crippen molar-refractivity contribution in [1.29, 1.82) is 0 Å². The van der Waals surface area contributed by atoms with Gasteiger partial charge < -0.3 is 24.1 Å². The fraction of sp³-hybridized carbons (Fsp3) is 0.381. The van der Waals surface area contributed by atoms with Gasteiger partial charge in [0.25, 0.3) is 0 Å². The predicted molar refractivity (Wildman–Crippen MR) is 105 cm³/mol. The fourth-order valence-electron chi connectivity index (χ4n) is 4.58. The van der Waals surface area contributed by atoms with Gasteiger partial charge in [0.05, 0.1) is 38.7 Å². The lowest BCUT2D eigenvalue weighted by atomic mass is 9.77. The lowest BCUT2D eigenvalue weighted by Crippen LogP contribution is -2.41. The first kappa shape index (κ1) is 18.7. The van der Waals surface area contributed by atoms with Crippen molar-refractivity contribution in [3.8, 4) is 11.5 Å². The van der Waals surface area contributed by atoms with Crippen molar-refractivity contribution in [2.24, 2.45) is 11.8 Å². The van der Waals surface area contributed by atoms with Crippen LogP contribution in [0.15, 0.2) is 40.9 Å². The third-order valence-corrected chi connectivity index (χ3v) is 5.91. The van der Waals surface area contributed by atoms with Crippen molar-refractivity contribution in [3.05, 3.63) is 42.2 Å². The predicted octanol–water partition coefficient (Wildman–Crippen LogP) is 1.93. The molecule has 5 rings (SSSR count). The van der Waals surface area contributed by atoms with Crippen LogP contribution in [-0.4, -0.2) is 49.4 Å². The van der Waals surface area contributed by atoms with E-state index in [4.69, 9.17) is 18.7 Å². The van der Waals surface area contributed by atoms with Crippen molar-refractivity contribution in [2.45, 2.75) is 18.6 Å². The number of ether oxygens (including phenoxy) is 3. The van der Waals surface area contributed by atoms with Gasteiger partial charge in [-0.3, -0.25) is 14.5 Å². The summed E-state index contributed by atoms with van der Waals surface area (Å²) in [6.07, 6.45) is 3.30. The van der Waals surface area contributed by atoms with Gasteiger partial charge in [-0.1, -0.05) is 17.3 Å². The Morgan fingerprint density at radius 1 is 1.23 bits per heavy atom. The summed E-state index contributed by atoms with van der Waals surface area (Å²) >= 11 is 0. The minimum Gasteiger partial charge on any atom is -0.497 e. The van der Waals surface area contributed by atoms with E-state index in [1.807, 2.05) is 12.2 Å². The normalized spacial score (nSPS) is 28.7. The van der Waals surface area contributed by atoms with E-state index in [9.17, 15) is 9.59 Å². The number of methoxy groups -OCH3 is 2. The Bertz CT molecular complexity index is 1040. The zero-order valence-electron chi connectivity index (χ0n) is 16.7. The van der Waals surface area contributed by atoms with Crippen molar-refractivity contribution in [1.82, 2.24) is 5.16 Å². The quantitative estimate of drug-likeness (QED) is 0.750. The van der Waals surface area contributed by atoms with E-state index >= 15 is 0 Å². The fourth-order valence-corrected chi connectivity index (χ4v) is 4.58. The third kappa shape index (κ3) is 2.69. The lowest BCUT2D eigenvalue weighted by molar-refractivity contribution is -0.128. The Kier molecular flexibility index (Phi) is 4.11. The van der Waals surface area contributed by atoms with Crippen LogP contribution in [0.2, 0.25) is 0 Å². The molecule has 0 radical (unpaired) electrons. The van der Waals surface area contributed by atoms with Gasteiger partial charge in [-0.05, 0) is 6.92 Å². The second-order valence-electron chi connectivity index (χ2n) is 7.71. The van der Waals surface area contributed by atoms with Crippen molar-refractivity contribution >= 4 is 23.3 Å². The Balaban J connectivity index is 1.42. The highest BCUT2D eigenvalue weighted by Gasteiger charge is 2.67. The number of anilines is 2. The SMILES string of the molecule is COc1cc(NC(=O)[C@H]2[C@@H]3C=C[C@@]4(CN(c5cc(C)on5)C(=O)[C@@H]24)O3)cc(OC)c1. The van der Waals surface area contributed by atoms with Crippen molar-refractivity contribution in [3.63, 3.8) is 0 Å². The van der Waals surface area contributed by atoms with Crippen LogP contribution in [0.3, 0.4) is 0 Å².